The molecule has 6 nitrogen and oxygen atoms in total. The second kappa shape index (κ2) is 5.40. The number of aromatic nitrogens is 1. The Hall–Kier alpha value is -2.63. The Kier molecular flexibility index (Phi) is 3.43. The molecule has 2 aromatic rings. The van der Waals surface area contributed by atoms with E-state index in [1.807, 2.05) is 24.3 Å². The molecular weight excluding hydrogens is 268 g/mol. The maximum atomic E-state index is 12.4. The van der Waals surface area contributed by atoms with E-state index in [1.54, 1.807) is 12.3 Å². The number of pyridine rings is 1. The number of amides is 3. The zero-order chi connectivity index (χ0) is 14.8. The van der Waals surface area contributed by atoms with E-state index in [9.17, 15) is 9.59 Å². The number of benzene rings is 1. The van der Waals surface area contributed by atoms with Gasteiger partial charge >= 0.3 is 6.03 Å². The number of likely N-dealkylation sites (tertiary alicyclic amines) is 1. The molecule has 3 amide bonds. The summed E-state index contributed by atoms with van der Waals surface area (Å²) in [4.78, 5) is 29.5. The van der Waals surface area contributed by atoms with Gasteiger partial charge in [-0.05, 0) is 25.0 Å². The molecule has 1 saturated heterocycles. The Morgan fingerprint density at radius 2 is 2.10 bits per heavy atom. The van der Waals surface area contributed by atoms with Crippen molar-refractivity contribution in [2.75, 3.05) is 11.9 Å². The molecule has 3 N–H and O–H groups in total. The molecule has 0 saturated carbocycles. The van der Waals surface area contributed by atoms with Crippen LogP contribution < -0.4 is 11.1 Å². The summed E-state index contributed by atoms with van der Waals surface area (Å²) in [6.07, 6.45) is 3.09. The molecule has 0 bridgehead atoms. The molecule has 21 heavy (non-hydrogen) atoms. The Morgan fingerprint density at radius 1 is 1.29 bits per heavy atom. The Morgan fingerprint density at radius 3 is 2.90 bits per heavy atom. The highest BCUT2D eigenvalue weighted by Gasteiger charge is 2.32. The van der Waals surface area contributed by atoms with Crippen molar-refractivity contribution in [1.29, 1.82) is 0 Å². The van der Waals surface area contributed by atoms with Gasteiger partial charge in [-0.25, -0.2) is 4.79 Å². The summed E-state index contributed by atoms with van der Waals surface area (Å²) in [6, 6.07) is 8.53. The number of urea groups is 1. The Labute approximate surface area is 121 Å². The molecule has 0 spiro atoms. The van der Waals surface area contributed by atoms with Crippen molar-refractivity contribution in [2.24, 2.45) is 5.73 Å². The molecule has 6 heteroatoms. The molecule has 0 radical (unpaired) electrons. The van der Waals surface area contributed by atoms with Crippen molar-refractivity contribution in [1.82, 2.24) is 9.88 Å². The topological polar surface area (TPSA) is 88.3 Å². The van der Waals surface area contributed by atoms with Gasteiger partial charge in [0.05, 0.1) is 11.2 Å². The van der Waals surface area contributed by atoms with Crippen LogP contribution in [0.2, 0.25) is 0 Å². The number of hydrogen-bond donors (Lipinski definition) is 2. The van der Waals surface area contributed by atoms with Gasteiger partial charge in [0.25, 0.3) is 0 Å². The van der Waals surface area contributed by atoms with E-state index >= 15 is 0 Å². The first-order chi connectivity index (χ1) is 10.2. The molecular formula is C15H16N4O2. The zero-order valence-electron chi connectivity index (χ0n) is 11.5. The fourth-order valence-electron chi connectivity index (χ4n) is 2.70. The van der Waals surface area contributed by atoms with Gasteiger partial charge in [0.2, 0.25) is 5.91 Å². The van der Waals surface area contributed by atoms with Crippen LogP contribution in [-0.2, 0) is 4.79 Å². The molecule has 108 valence electrons. The molecule has 0 aliphatic carbocycles. The average molecular weight is 284 g/mol. The van der Waals surface area contributed by atoms with Crippen LogP contribution in [0.25, 0.3) is 10.9 Å². The number of para-hydroxylation sites is 1. The summed E-state index contributed by atoms with van der Waals surface area (Å²) < 4.78 is 0. The third-order valence-corrected chi connectivity index (χ3v) is 3.72. The average Bonchev–Trinajstić information content (AvgIpc) is 2.97. The number of anilines is 1. The van der Waals surface area contributed by atoms with Crippen LogP contribution in [0.3, 0.4) is 0 Å². The number of nitrogens with one attached hydrogen (secondary N) is 1. The Balaban J connectivity index is 1.85. The van der Waals surface area contributed by atoms with Crippen LogP contribution in [0.4, 0.5) is 10.5 Å². The van der Waals surface area contributed by atoms with Gasteiger partial charge in [-0.3, -0.25) is 9.78 Å². The lowest BCUT2D eigenvalue weighted by atomic mass is 10.2. The molecule has 1 fully saturated rings. The largest absolute Gasteiger partial charge is 0.368 e. The molecule has 0 unspecified atom stereocenters. The molecule has 3 rings (SSSR count). The summed E-state index contributed by atoms with van der Waals surface area (Å²) in [5.74, 6) is -0.460. The lowest BCUT2D eigenvalue weighted by Crippen LogP contribution is -2.45. The minimum Gasteiger partial charge on any atom is -0.368 e. The van der Waals surface area contributed by atoms with E-state index in [-0.39, 0.29) is 6.03 Å². The molecule has 1 aliphatic heterocycles. The summed E-state index contributed by atoms with van der Waals surface area (Å²) in [5.41, 5.74) is 6.69. The van der Waals surface area contributed by atoms with Gasteiger partial charge in [0, 0.05) is 18.1 Å². The van der Waals surface area contributed by atoms with Crippen molar-refractivity contribution in [3.63, 3.8) is 0 Å². The lowest BCUT2D eigenvalue weighted by molar-refractivity contribution is -0.121. The molecule has 1 aromatic heterocycles. The van der Waals surface area contributed by atoms with Gasteiger partial charge in [0.1, 0.15) is 6.04 Å². The minimum absolute atomic E-state index is 0.311. The van der Waals surface area contributed by atoms with E-state index in [4.69, 9.17) is 5.73 Å². The molecule has 1 aliphatic rings. The van der Waals surface area contributed by atoms with Gasteiger partial charge in [-0.15, -0.1) is 0 Å². The van der Waals surface area contributed by atoms with Crippen LogP contribution in [-0.4, -0.2) is 34.4 Å². The third-order valence-electron chi connectivity index (χ3n) is 3.72. The highest BCUT2D eigenvalue weighted by atomic mass is 16.2. The summed E-state index contributed by atoms with van der Waals surface area (Å²) >= 11 is 0. The third kappa shape index (κ3) is 2.52. The van der Waals surface area contributed by atoms with E-state index < -0.39 is 11.9 Å². The number of carbonyl (C=O) groups excluding carboxylic acids is 2. The van der Waals surface area contributed by atoms with E-state index in [0.29, 0.717) is 18.7 Å². The monoisotopic (exact) mass is 284 g/mol. The number of carbonyl (C=O) groups is 2. The van der Waals surface area contributed by atoms with E-state index in [2.05, 4.69) is 10.3 Å². The molecule has 2 heterocycles. The minimum atomic E-state index is -0.520. The highest BCUT2D eigenvalue weighted by molar-refractivity contribution is 6.00. The predicted molar refractivity (Wildman–Crippen MR) is 79.7 cm³/mol. The summed E-state index contributed by atoms with van der Waals surface area (Å²) in [6.45, 7) is 0.539. The van der Waals surface area contributed by atoms with Crippen LogP contribution in [0.5, 0.6) is 0 Å². The highest BCUT2D eigenvalue weighted by Crippen LogP contribution is 2.23. The molecule has 1 atom stereocenters. The van der Waals surface area contributed by atoms with Crippen LogP contribution in [0.1, 0.15) is 12.8 Å². The first kappa shape index (κ1) is 13.4. The first-order valence-electron chi connectivity index (χ1n) is 6.87. The van der Waals surface area contributed by atoms with Crippen molar-refractivity contribution in [3.05, 3.63) is 36.5 Å². The lowest BCUT2D eigenvalue weighted by Gasteiger charge is -2.22. The van der Waals surface area contributed by atoms with Crippen molar-refractivity contribution < 1.29 is 9.59 Å². The standard InChI is InChI=1S/C15H16N4O2/c16-14(20)12-7-3-9-19(12)15(21)18-11-6-1-4-10-5-2-8-17-13(10)11/h1-2,4-6,8,12H,3,7,9H2,(H2,16,20)(H,18,21)/t12-/m1/s1. The number of nitrogens with two attached hydrogens (primary N) is 1. The van der Waals surface area contributed by atoms with Gasteiger partial charge in [-0.2, -0.15) is 0 Å². The van der Waals surface area contributed by atoms with Gasteiger partial charge in [0.15, 0.2) is 0 Å². The number of fused-ring (bicyclic) bond motifs is 1. The normalized spacial score (nSPS) is 17.9. The second-order valence-electron chi connectivity index (χ2n) is 5.06. The van der Waals surface area contributed by atoms with Crippen LogP contribution in [0, 0.1) is 0 Å². The number of hydrogen-bond acceptors (Lipinski definition) is 3. The summed E-state index contributed by atoms with van der Waals surface area (Å²) in [5, 5.41) is 3.78. The van der Waals surface area contributed by atoms with Crippen LogP contribution >= 0.6 is 0 Å². The first-order valence-corrected chi connectivity index (χ1v) is 6.87. The van der Waals surface area contributed by atoms with Gasteiger partial charge in [-0.1, -0.05) is 18.2 Å². The maximum absolute atomic E-state index is 12.4. The Bertz CT molecular complexity index is 696. The quantitative estimate of drug-likeness (QED) is 0.880. The van der Waals surface area contributed by atoms with E-state index in [0.717, 1.165) is 17.3 Å². The molecule has 1 aromatic carbocycles. The number of primary amides is 1. The summed E-state index contributed by atoms with van der Waals surface area (Å²) in [7, 11) is 0. The predicted octanol–water partition coefficient (Wildman–Crippen LogP) is 1.72. The fraction of sp³-hybridized carbons (Fsp3) is 0.267. The zero-order valence-corrected chi connectivity index (χ0v) is 11.5. The van der Waals surface area contributed by atoms with Crippen LogP contribution in [0.15, 0.2) is 36.5 Å². The second-order valence-corrected chi connectivity index (χ2v) is 5.06. The smallest absolute Gasteiger partial charge is 0.322 e. The maximum Gasteiger partial charge on any atom is 0.322 e. The fourth-order valence-corrected chi connectivity index (χ4v) is 2.70. The van der Waals surface area contributed by atoms with Crippen molar-refractivity contribution in [2.45, 2.75) is 18.9 Å². The SMILES string of the molecule is NC(=O)[C@H]1CCCN1C(=O)Nc1cccc2cccnc12. The number of nitrogens with zero attached hydrogens (tertiary/aromatic N) is 2. The van der Waals surface area contributed by atoms with E-state index in [1.165, 1.54) is 4.90 Å². The van der Waals surface area contributed by atoms with Crippen molar-refractivity contribution in [3.8, 4) is 0 Å². The van der Waals surface area contributed by atoms with Crippen molar-refractivity contribution >= 4 is 28.5 Å². The van der Waals surface area contributed by atoms with Gasteiger partial charge < -0.3 is 16.0 Å². The number of rotatable bonds is 2.